The monoisotopic (exact) mass is 425 g/mol. The van der Waals surface area contributed by atoms with Gasteiger partial charge in [-0.1, -0.05) is 30.3 Å². The van der Waals surface area contributed by atoms with E-state index in [0.29, 0.717) is 5.92 Å². The summed E-state index contributed by atoms with van der Waals surface area (Å²) in [7, 11) is 0. The van der Waals surface area contributed by atoms with Crippen molar-refractivity contribution < 1.29 is 19.2 Å². The molecule has 0 spiro atoms. The first-order valence-corrected chi connectivity index (χ1v) is 11.5. The number of likely N-dealkylation sites (tertiary alicyclic amines) is 2. The van der Waals surface area contributed by atoms with Crippen LogP contribution in [-0.4, -0.2) is 65.5 Å². The Morgan fingerprint density at radius 3 is 2.32 bits per heavy atom. The molecule has 0 aromatic heterocycles. The van der Waals surface area contributed by atoms with Crippen molar-refractivity contribution in [2.75, 3.05) is 26.2 Å². The highest BCUT2D eigenvalue weighted by molar-refractivity contribution is 6.42. The molecule has 1 aliphatic carbocycles. The van der Waals surface area contributed by atoms with Gasteiger partial charge in [-0.3, -0.25) is 19.2 Å². The van der Waals surface area contributed by atoms with Gasteiger partial charge >= 0.3 is 0 Å². The van der Waals surface area contributed by atoms with E-state index in [2.05, 4.69) is 29.6 Å². The van der Waals surface area contributed by atoms with Gasteiger partial charge < -0.3 is 15.1 Å². The molecule has 1 aromatic carbocycles. The molecule has 4 rings (SSSR count). The van der Waals surface area contributed by atoms with Crippen LogP contribution in [0.4, 0.5) is 0 Å². The molecule has 1 N–H and O–H groups in total. The number of ketones is 1. The Balaban J connectivity index is 1.24. The highest BCUT2D eigenvalue weighted by Crippen LogP contribution is 2.33. The fraction of sp³-hybridized carbons (Fsp3) is 0.583. The SMILES string of the molecule is O=C(NC1CCC(c2ccccc2)CC1)C1CN(CCC(=O)N2CCCC2)C(=O)C1=O. The predicted molar refractivity (Wildman–Crippen MR) is 115 cm³/mol. The van der Waals surface area contributed by atoms with Crippen molar-refractivity contribution in [3.05, 3.63) is 35.9 Å². The molecule has 2 heterocycles. The lowest BCUT2D eigenvalue weighted by molar-refractivity contribution is -0.143. The van der Waals surface area contributed by atoms with Gasteiger partial charge in [0.05, 0.1) is 0 Å². The fourth-order valence-corrected chi connectivity index (χ4v) is 5.04. The van der Waals surface area contributed by atoms with Crippen LogP contribution >= 0.6 is 0 Å². The molecule has 2 aliphatic heterocycles. The summed E-state index contributed by atoms with van der Waals surface area (Å²) in [6.45, 7) is 1.81. The van der Waals surface area contributed by atoms with Crippen LogP contribution in [0, 0.1) is 5.92 Å². The van der Waals surface area contributed by atoms with E-state index in [1.165, 1.54) is 10.5 Å². The van der Waals surface area contributed by atoms with Crippen LogP contribution in [0.25, 0.3) is 0 Å². The van der Waals surface area contributed by atoms with E-state index in [1.54, 1.807) is 4.90 Å². The largest absolute Gasteiger partial charge is 0.353 e. The third-order valence-corrected chi connectivity index (χ3v) is 6.93. The number of nitrogens with zero attached hydrogens (tertiary/aromatic N) is 2. The molecular formula is C24H31N3O4. The summed E-state index contributed by atoms with van der Waals surface area (Å²) in [5.74, 6) is -2.07. The van der Waals surface area contributed by atoms with Gasteiger partial charge in [0, 0.05) is 38.6 Å². The summed E-state index contributed by atoms with van der Waals surface area (Å²) in [5.41, 5.74) is 1.34. The van der Waals surface area contributed by atoms with Crippen LogP contribution in [0.15, 0.2) is 30.3 Å². The summed E-state index contributed by atoms with van der Waals surface area (Å²) in [6.07, 6.45) is 5.97. The van der Waals surface area contributed by atoms with Gasteiger partial charge in [-0.25, -0.2) is 0 Å². The minimum atomic E-state index is -0.957. The normalized spacial score (nSPS) is 26.4. The molecule has 1 atom stereocenters. The number of carbonyl (C=O) groups is 4. The lowest BCUT2D eigenvalue weighted by atomic mass is 9.81. The van der Waals surface area contributed by atoms with Crippen molar-refractivity contribution in [1.29, 1.82) is 0 Å². The first kappa shape index (κ1) is 21.5. The minimum Gasteiger partial charge on any atom is -0.353 e. The average Bonchev–Trinajstić information content (AvgIpc) is 3.43. The zero-order chi connectivity index (χ0) is 21.8. The van der Waals surface area contributed by atoms with Gasteiger partial charge in [0.15, 0.2) is 0 Å². The van der Waals surface area contributed by atoms with E-state index in [-0.39, 0.29) is 37.4 Å². The van der Waals surface area contributed by atoms with Crippen LogP contribution in [-0.2, 0) is 19.2 Å². The van der Waals surface area contributed by atoms with Gasteiger partial charge in [0.2, 0.25) is 17.6 Å². The van der Waals surface area contributed by atoms with Crippen LogP contribution in [0.1, 0.15) is 56.4 Å². The summed E-state index contributed by atoms with van der Waals surface area (Å²) in [6, 6.07) is 10.5. The summed E-state index contributed by atoms with van der Waals surface area (Å²) < 4.78 is 0. The Labute approximate surface area is 183 Å². The summed E-state index contributed by atoms with van der Waals surface area (Å²) >= 11 is 0. The Kier molecular flexibility index (Phi) is 6.68. The second-order valence-corrected chi connectivity index (χ2v) is 8.97. The summed E-state index contributed by atoms with van der Waals surface area (Å²) in [5, 5.41) is 3.00. The van der Waals surface area contributed by atoms with E-state index >= 15 is 0 Å². The molecule has 0 bridgehead atoms. The number of amides is 3. The van der Waals surface area contributed by atoms with E-state index in [4.69, 9.17) is 0 Å². The van der Waals surface area contributed by atoms with Crippen LogP contribution < -0.4 is 5.32 Å². The standard InChI is InChI=1S/C24H31N3O4/c28-21(26-13-4-5-14-26)12-15-27-16-20(22(29)24(27)31)23(30)25-19-10-8-18(9-11-19)17-6-2-1-3-7-17/h1-3,6-7,18-20H,4-5,8-16H2,(H,25,30). The molecule has 3 fully saturated rings. The summed E-state index contributed by atoms with van der Waals surface area (Å²) in [4.78, 5) is 52.8. The number of Topliss-reactive ketones (excluding diaryl/α,β-unsaturated/α-hetero) is 1. The average molecular weight is 426 g/mol. The third-order valence-electron chi connectivity index (χ3n) is 6.93. The zero-order valence-electron chi connectivity index (χ0n) is 17.9. The van der Waals surface area contributed by atoms with Crippen LogP contribution in [0.5, 0.6) is 0 Å². The van der Waals surface area contributed by atoms with Crippen LogP contribution in [0.2, 0.25) is 0 Å². The van der Waals surface area contributed by atoms with Gasteiger partial charge in [0.25, 0.3) is 5.91 Å². The number of hydrogen-bond donors (Lipinski definition) is 1. The molecule has 0 radical (unpaired) electrons. The van der Waals surface area contributed by atoms with Crippen molar-refractivity contribution >= 4 is 23.5 Å². The number of benzene rings is 1. The van der Waals surface area contributed by atoms with Gasteiger partial charge in [-0.2, -0.15) is 0 Å². The predicted octanol–water partition coefficient (Wildman–Crippen LogP) is 1.87. The van der Waals surface area contributed by atoms with Crippen molar-refractivity contribution in [2.24, 2.45) is 5.92 Å². The molecule has 1 saturated carbocycles. The smallest absolute Gasteiger partial charge is 0.290 e. The first-order valence-electron chi connectivity index (χ1n) is 11.5. The Hall–Kier alpha value is -2.70. The quantitative estimate of drug-likeness (QED) is 0.557. The second-order valence-electron chi connectivity index (χ2n) is 8.97. The number of carbonyl (C=O) groups excluding carboxylic acids is 4. The van der Waals surface area contributed by atoms with E-state index in [9.17, 15) is 19.2 Å². The molecule has 3 aliphatic rings. The Bertz CT molecular complexity index is 826. The Morgan fingerprint density at radius 1 is 0.968 bits per heavy atom. The maximum absolute atomic E-state index is 12.7. The lowest BCUT2D eigenvalue weighted by Crippen LogP contribution is -2.43. The molecule has 1 aromatic rings. The number of nitrogens with one attached hydrogen (secondary N) is 1. The van der Waals surface area contributed by atoms with Gasteiger partial charge in [-0.15, -0.1) is 0 Å². The second kappa shape index (κ2) is 9.62. The maximum Gasteiger partial charge on any atom is 0.290 e. The highest BCUT2D eigenvalue weighted by atomic mass is 16.2. The van der Waals surface area contributed by atoms with E-state index < -0.39 is 17.6 Å². The third kappa shape index (κ3) is 4.97. The lowest BCUT2D eigenvalue weighted by Gasteiger charge is -2.30. The molecule has 31 heavy (non-hydrogen) atoms. The maximum atomic E-state index is 12.7. The van der Waals surface area contributed by atoms with Crippen molar-refractivity contribution in [1.82, 2.24) is 15.1 Å². The molecule has 2 saturated heterocycles. The van der Waals surface area contributed by atoms with Crippen molar-refractivity contribution in [3.8, 4) is 0 Å². The molecule has 166 valence electrons. The molecular weight excluding hydrogens is 394 g/mol. The van der Waals surface area contributed by atoms with Gasteiger partial charge in [-0.05, 0) is 50.0 Å². The molecule has 7 nitrogen and oxygen atoms in total. The number of rotatable bonds is 6. The highest BCUT2D eigenvalue weighted by Gasteiger charge is 2.43. The topological polar surface area (TPSA) is 86.8 Å². The number of hydrogen-bond acceptors (Lipinski definition) is 4. The van der Waals surface area contributed by atoms with Crippen molar-refractivity contribution in [2.45, 2.75) is 56.9 Å². The molecule has 7 heteroatoms. The molecule has 3 amide bonds. The van der Waals surface area contributed by atoms with E-state index in [1.807, 2.05) is 6.07 Å². The van der Waals surface area contributed by atoms with E-state index in [0.717, 1.165) is 51.6 Å². The van der Waals surface area contributed by atoms with Crippen molar-refractivity contribution in [3.63, 3.8) is 0 Å². The Morgan fingerprint density at radius 2 is 1.65 bits per heavy atom. The zero-order valence-corrected chi connectivity index (χ0v) is 17.9. The minimum absolute atomic E-state index is 0.0147. The fourth-order valence-electron chi connectivity index (χ4n) is 5.04. The van der Waals surface area contributed by atoms with Gasteiger partial charge in [0.1, 0.15) is 5.92 Å². The van der Waals surface area contributed by atoms with Crippen LogP contribution in [0.3, 0.4) is 0 Å². The molecule has 1 unspecified atom stereocenters. The first-order chi connectivity index (χ1) is 15.0.